The van der Waals surface area contributed by atoms with E-state index in [4.69, 9.17) is 0 Å². The second kappa shape index (κ2) is 7.31. The van der Waals surface area contributed by atoms with Crippen LogP contribution in [-0.4, -0.2) is 4.98 Å². The fraction of sp³-hybridized carbons (Fsp3) is 0.125. The summed E-state index contributed by atoms with van der Waals surface area (Å²) in [5, 5.41) is 3.75. The highest BCUT2D eigenvalue weighted by Crippen LogP contribution is 2.25. The van der Waals surface area contributed by atoms with Gasteiger partial charge in [0.05, 0.1) is 5.52 Å². The Morgan fingerprint density at radius 3 is 2.20 bits per heavy atom. The summed E-state index contributed by atoms with van der Waals surface area (Å²) in [5.74, 6) is 0. The second-order valence-corrected chi connectivity index (χ2v) is 6.31. The van der Waals surface area contributed by atoms with Crippen LogP contribution in [0.1, 0.15) is 22.3 Å². The Hall–Kier alpha value is -2.93. The van der Waals surface area contributed by atoms with Crippen molar-refractivity contribution in [3.8, 4) is 0 Å². The smallest absolute Gasteiger partial charge is 0.0782 e. The Morgan fingerprint density at radius 2 is 1.44 bits per heavy atom. The maximum atomic E-state index is 4.47. The van der Waals surface area contributed by atoms with Gasteiger partial charge in [-0.1, -0.05) is 67.3 Å². The van der Waals surface area contributed by atoms with E-state index in [1.54, 1.807) is 0 Å². The first-order valence-electron chi connectivity index (χ1n) is 8.53. The molecule has 0 atom stereocenters. The molecule has 1 nitrogen and oxygen atoms in total. The Labute approximate surface area is 149 Å². The highest BCUT2D eigenvalue weighted by molar-refractivity contribution is 6.06. The average molecular weight is 325 g/mol. The minimum Gasteiger partial charge on any atom is -0.256 e. The summed E-state index contributed by atoms with van der Waals surface area (Å²) in [5.41, 5.74) is 6.29. The van der Waals surface area contributed by atoms with Gasteiger partial charge in [0.2, 0.25) is 0 Å². The van der Waals surface area contributed by atoms with Gasteiger partial charge in [-0.2, -0.15) is 0 Å². The van der Waals surface area contributed by atoms with Gasteiger partial charge in [-0.15, -0.1) is 0 Å². The van der Waals surface area contributed by atoms with Gasteiger partial charge in [-0.3, -0.25) is 4.98 Å². The van der Waals surface area contributed by atoms with Gasteiger partial charge >= 0.3 is 0 Å². The zero-order valence-corrected chi connectivity index (χ0v) is 15.1. The lowest BCUT2D eigenvalue weighted by Gasteiger charge is -2.05. The van der Waals surface area contributed by atoms with Gasteiger partial charge in [-0.05, 0) is 54.5 Å². The molecule has 1 heteroatoms. The average Bonchev–Trinajstić information content (AvgIpc) is 2.64. The van der Waals surface area contributed by atoms with Gasteiger partial charge in [-0.25, -0.2) is 0 Å². The van der Waals surface area contributed by atoms with Crippen molar-refractivity contribution in [3.05, 3.63) is 95.7 Å². The number of aromatic nitrogens is 1. The van der Waals surface area contributed by atoms with Gasteiger partial charge in [0.15, 0.2) is 0 Å². The molecule has 0 aliphatic heterocycles. The lowest BCUT2D eigenvalue weighted by molar-refractivity contribution is 1.33. The molecule has 0 saturated carbocycles. The molecule has 0 aliphatic carbocycles. The van der Waals surface area contributed by atoms with Crippen molar-refractivity contribution in [3.63, 3.8) is 0 Å². The van der Waals surface area contributed by atoms with Gasteiger partial charge in [0.1, 0.15) is 0 Å². The van der Waals surface area contributed by atoms with Crippen LogP contribution in [0.2, 0.25) is 0 Å². The molecule has 0 N–H and O–H groups in total. The van der Waals surface area contributed by atoms with E-state index in [1.807, 2.05) is 18.3 Å². The quantitative estimate of drug-likeness (QED) is 0.357. The summed E-state index contributed by atoms with van der Waals surface area (Å²) in [4.78, 5) is 4.47. The van der Waals surface area contributed by atoms with E-state index in [0.717, 1.165) is 5.52 Å². The zero-order valence-electron chi connectivity index (χ0n) is 15.1. The lowest BCUT2D eigenvalue weighted by Crippen LogP contribution is -1.83. The number of hydrogen-bond acceptors (Lipinski definition) is 1. The number of hydrogen-bond donors (Lipinski definition) is 0. The molecule has 0 fully saturated rings. The monoisotopic (exact) mass is 325 g/mol. The summed E-state index contributed by atoms with van der Waals surface area (Å²) < 4.78 is 0. The molecule has 4 aromatic rings. The molecule has 0 spiro atoms. The summed E-state index contributed by atoms with van der Waals surface area (Å²) in [6.07, 6.45) is 3.75. The van der Waals surface area contributed by atoms with Crippen LogP contribution < -0.4 is 0 Å². The minimum absolute atomic E-state index is 1.10. The predicted molar refractivity (Wildman–Crippen MR) is 110 cm³/mol. The van der Waals surface area contributed by atoms with E-state index in [1.165, 1.54) is 38.4 Å². The van der Waals surface area contributed by atoms with Crippen LogP contribution in [0.4, 0.5) is 0 Å². The standard InChI is InChI=1S/C14H11N.C10H12/c1-10-4-2-5-11-7-8-12-6-3-9-15-14(12)13(10)11;1-4-10-7-5-6-8(2)9(10)3/h2-9H,1H3;4-7H,1H2,2-3H3. The molecule has 0 aliphatic rings. The molecule has 4 rings (SSSR count). The number of fused-ring (bicyclic) bond motifs is 3. The van der Waals surface area contributed by atoms with Gasteiger partial charge < -0.3 is 0 Å². The van der Waals surface area contributed by atoms with Gasteiger partial charge in [0, 0.05) is 17.0 Å². The number of pyridine rings is 1. The summed E-state index contributed by atoms with van der Waals surface area (Å²) in [6.45, 7) is 10.1. The van der Waals surface area contributed by atoms with E-state index in [9.17, 15) is 0 Å². The van der Waals surface area contributed by atoms with E-state index in [0.29, 0.717) is 0 Å². The first-order chi connectivity index (χ1) is 12.1. The van der Waals surface area contributed by atoms with Crippen molar-refractivity contribution in [2.45, 2.75) is 20.8 Å². The highest BCUT2D eigenvalue weighted by atomic mass is 14.6. The molecule has 0 radical (unpaired) electrons. The molecule has 0 unspecified atom stereocenters. The largest absolute Gasteiger partial charge is 0.256 e. The second-order valence-electron chi connectivity index (χ2n) is 6.31. The first-order valence-corrected chi connectivity index (χ1v) is 8.53. The third kappa shape index (κ3) is 3.46. The van der Waals surface area contributed by atoms with Crippen molar-refractivity contribution in [2.24, 2.45) is 0 Å². The summed E-state index contributed by atoms with van der Waals surface area (Å²) in [7, 11) is 0. The van der Waals surface area contributed by atoms with Crippen LogP contribution in [0.3, 0.4) is 0 Å². The lowest BCUT2D eigenvalue weighted by atomic mass is 10.0. The highest BCUT2D eigenvalue weighted by Gasteiger charge is 2.02. The van der Waals surface area contributed by atoms with E-state index in [2.05, 4.69) is 86.9 Å². The Balaban J connectivity index is 0.000000160. The van der Waals surface area contributed by atoms with E-state index >= 15 is 0 Å². The molecular weight excluding hydrogens is 302 g/mol. The maximum absolute atomic E-state index is 4.47. The minimum atomic E-state index is 1.10. The Bertz CT molecular complexity index is 1040. The Morgan fingerprint density at radius 1 is 0.760 bits per heavy atom. The molecule has 3 aromatic carbocycles. The molecule has 124 valence electrons. The first kappa shape index (κ1) is 16.9. The topological polar surface area (TPSA) is 12.9 Å². The predicted octanol–water partition coefficient (Wildman–Crippen LogP) is 6.64. The third-order valence-corrected chi connectivity index (χ3v) is 4.69. The van der Waals surface area contributed by atoms with Crippen molar-refractivity contribution >= 4 is 27.8 Å². The van der Waals surface area contributed by atoms with E-state index in [-0.39, 0.29) is 0 Å². The number of benzene rings is 3. The number of nitrogens with zero attached hydrogens (tertiary/aromatic N) is 1. The third-order valence-electron chi connectivity index (χ3n) is 4.69. The zero-order chi connectivity index (χ0) is 17.8. The molecule has 0 bridgehead atoms. The van der Waals surface area contributed by atoms with Crippen molar-refractivity contribution in [1.29, 1.82) is 0 Å². The van der Waals surface area contributed by atoms with E-state index < -0.39 is 0 Å². The van der Waals surface area contributed by atoms with Crippen molar-refractivity contribution < 1.29 is 0 Å². The molecule has 25 heavy (non-hydrogen) atoms. The molecule has 1 aromatic heterocycles. The summed E-state index contributed by atoms with van der Waals surface area (Å²) in [6, 6.07) is 21.0. The molecule has 0 saturated heterocycles. The van der Waals surface area contributed by atoms with Crippen LogP contribution in [0.5, 0.6) is 0 Å². The van der Waals surface area contributed by atoms with Crippen molar-refractivity contribution in [2.75, 3.05) is 0 Å². The van der Waals surface area contributed by atoms with Crippen molar-refractivity contribution in [1.82, 2.24) is 4.98 Å². The van der Waals surface area contributed by atoms with Crippen LogP contribution in [0, 0.1) is 20.8 Å². The Kier molecular flexibility index (Phi) is 4.95. The molecule has 1 heterocycles. The normalized spacial score (nSPS) is 10.4. The van der Waals surface area contributed by atoms with Gasteiger partial charge in [0.25, 0.3) is 0 Å². The number of rotatable bonds is 1. The van der Waals surface area contributed by atoms with Crippen LogP contribution in [0.25, 0.3) is 27.8 Å². The van der Waals surface area contributed by atoms with Crippen LogP contribution in [0.15, 0.2) is 73.4 Å². The maximum Gasteiger partial charge on any atom is 0.0782 e. The fourth-order valence-electron chi connectivity index (χ4n) is 3.09. The SMILES string of the molecule is C=Cc1cccc(C)c1C.Cc1cccc2ccc3cccnc3c12. The fourth-order valence-corrected chi connectivity index (χ4v) is 3.09. The van der Waals surface area contributed by atoms with Crippen LogP contribution in [-0.2, 0) is 0 Å². The number of aryl methyl sites for hydroxylation is 2. The molecule has 0 amide bonds. The summed E-state index contributed by atoms with van der Waals surface area (Å²) >= 11 is 0. The van der Waals surface area contributed by atoms with Crippen LogP contribution >= 0.6 is 0 Å². The molecular formula is C24H23N.